The Morgan fingerprint density at radius 1 is 1.21 bits per heavy atom. The fourth-order valence-electron chi connectivity index (χ4n) is 3.06. The summed E-state index contributed by atoms with van der Waals surface area (Å²) < 4.78 is 0. The number of benzene rings is 1. The third-order valence-electron chi connectivity index (χ3n) is 3.68. The van der Waals surface area contributed by atoms with Crippen molar-refractivity contribution in [1.29, 1.82) is 0 Å². The molecular formula is C14H16. The van der Waals surface area contributed by atoms with Crippen molar-refractivity contribution < 1.29 is 0 Å². The molecule has 0 nitrogen and oxygen atoms in total. The molecule has 1 aromatic carbocycles. The van der Waals surface area contributed by atoms with Gasteiger partial charge in [0.05, 0.1) is 0 Å². The lowest BCUT2D eigenvalue weighted by Gasteiger charge is -2.13. The minimum absolute atomic E-state index is 0.861. The lowest BCUT2D eigenvalue weighted by molar-refractivity contribution is 0.548. The Morgan fingerprint density at radius 3 is 3.00 bits per heavy atom. The van der Waals surface area contributed by atoms with Crippen LogP contribution in [0.2, 0.25) is 0 Å². The minimum Gasteiger partial charge on any atom is -0.0761 e. The molecule has 2 aliphatic rings. The van der Waals surface area contributed by atoms with Gasteiger partial charge < -0.3 is 0 Å². The van der Waals surface area contributed by atoms with E-state index in [1.54, 1.807) is 5.57 Å². The second kappa shape index (κ2) is 2.98. The highest BCUT2D eigenvalue weighted by Crippen LogP contribution is 2.38. The molecule has 0 aromatic heterocycles. The molecule has 0 bridgehead atoms. The molecule has 72 valence electrons. The van der Waals surface area contributed by atoms with Crippen LogP contribution < -0.4 is 10.4 Å². The zero-order valence-electron chi connectivity index (χ0n) is 8.66. The summed E-state index contributed by atoms with van der Waals surface area (Å²) in [5, 5.41) is 3.00. The predicted octanol–water partition coefficient (Wildman–Crippen LogP) is 2.07. The molecule has 0 heterocycles. The minimum atomic E-state index is 0.861. The van der Waals surface area contributed by atoms with E-state index < -0.39 is 0 Å². The zero-order chi connectivity index (χ0) is 9.54. The van der Waals surface area contributed by atoms with E-state index in [9.17, 15) is 0 Å². The highest BCUT2D eigenvalue weighted by atomic mass is 14.3. The molecule has 0 amide bonds. The molecular weight excluding hydrogens is 168 g/mol. The van der Waals surface area contributed by atoms with Gasteiger partial charge in [0, 0.05) is 0 Å². The zero-order valence-corrected chi connectivity index (χ0v) is 8.66. The van der Waals surface area contributed by atoms with Crippen LogP contribution in [0.4, 0.5) is 0 Å². The lowest BCUT2D eigenvalue weighted by atomic mass is 9.91. The van der Waals surface area contributed by atoms with Crippen LogP contribution >= 0.6 is 0 Å². The van der Waals surface area contributed by atoms with Crippen LogP contribution in [0.1, 0.15) is 26.2 Å². The van der Waals surface area contributed by atoms with Crippen molar-refractivity contribution in [3.63, 3.8) is 0 Å². The first kappa shape index (κ1) is 8.28. The largest absolute Gasteiger partial charge is 0.0761 e. The fraction of sp³-hybridized carbons (Fsp3) is 0.429. The first-order valence-corrected chi connectivity index (χ1v) is 5.63. The van der Waals surface area contributed by atoms with Crippen molar-refractivity contribution in [3.8, 4) is 0 Å². The molecule has 2 atom stereocenters. The highest BCUT2D eigenvalue weighted by molar-refractivity contribution is 5.56. The molecule has 0 N–H and O–H groups in total. The van der Waals surface area contributed by atoms with Gasteiger partial charge in [0.1, 0.15) is 0 Å². The monoisotopic (exact) mass is 184 g/mol. The SMILES string of the molecule is CC1CC2=c3ccccc3=CCC2C1. The van der Waals surface area contributed by atoms with Gasteiger partial charge in [-0.3, -0.25) is 0 Å². The van der Waals surface area contributed by atoms with Gasteiger partial charge in [0.25, 0.3) is 0 Å². The quantitative estimate of drug-likeness (QED) is 0.579. The third-order valence-corrected chi connectivity index (χ3v) is 3.68. The normalized spacial score (nSPS) is 29.4. The van der Waals surface area contributed by atoms with Crippen molar-refractivity contribution in [3.05, 3.63) is 34.7 Å². The van der Waals surface area contributed by atoms with Crippen molar-refractivity contribution in [2.75, 3.05) is 0 Å². The molecule has 2 unspecified atom stereocenters. The van der Waals surface area contributed by atoms with Gasteiger partial charge in [-0.25, -0.2) is 0 Å². The van der Waals surface area contributed by atoms with Gasteiger partial charge in [0.15, 0.2) is 0 Å². The Labute approximate surface area is 85.0 Å². The Kier molecular flexibility index (Phi) is 1.76. The van der Waals surface area contributed by atoms with Gasteiger partial charge in [-0.1, -0.05) is 42.8 Å². The van der Waals surface area contributed by atoms with E-state index >= 15 is 0 Å². The van der Waals surface area contributed by atoms with Gasteiger partial charge >= 0.3 is 0 Å². The van der Waals surface area contributed by atoms with Crippen molar-refractivity contribution >= 4 is 11.6 Å². The van der Waals surface area contributed by atoms with E-state index in [-0.39, 0.29) is 0 Å². The van der Waals surface area contributed by atoms with Crippen LogP contribution in [0.25, 0.3) is 11.6 Å². The molecule has 0 aliphatic heterocycles. The Bertz CT molecular complexity index is 467. The third kappa shape index (κ3) is 1.13. The van der Waals surface area contributed by atoms with E-state index in [4.69, 9.17) is 0 Å². The van der Waals surface area contributed by atoms with Crippen LogP contribution in [0.15, 0.2) is 24.3 Å². The predicted molar refractivity (Wildman–Crippen MR) is 60.1 cm³/mol. The molecule has 0 heteroatoms. The van der Waals surface area contributed by atoms with E-state index in [0.29, 0.717) is 0 Å². The van der Waals surface area contributed by atoms with Crippen LogP contribution in [0.5, 0.6) is 0 Å². The smallest absolute Gasteiger partial charge is 0.0156 e. The summed E-state index contributed by atoms with van der Waals surface area (Å²) in [6, 6.07) is 8.87. The number of fused-ring (bicyclic) bond motifs is 2. The van der Waals surface area contributed by atoms with Crippen LogP contribution in [-0.4, -0.2) is 0 Å². The average Bonchev–Trinajstić information content (AvgIpc) is 2.59. The average molecular weight is 184 g/mol. The van der Waals surface area contributed by atoms with Gasteiger partial charge in [-0.15, -0.1) is 0 Å². The summed E-state index contributed by atoms with van der Waals surface area (Å²) in [5.74, 6) is 1.76. The molecule has 14 heavy (non-hydrogen) atoms. The molecule has 0 spiro atoms. The van der Waals surface area contributed by atoms with Crippen LogP contribution in [-0.2, 0) is 0 Å². The first-order chi connectivity index (χ1) is 6.84. The molecule has 1 saturated carbocycles. The Hall–Kier alpha value is -1.04. The summed E-state index contributed by atoms with van der Waals surface area (Å²) in [5.41, 5.74) is 1.73. The fourth-order valence-corrected chi connectivity index (χ4v) is 3.06. The molecule has 1 fully saturated rings. The maximum Gasteiger partial charge on any atom is -0.0156 e. The lowest BCUT2D eigenvalue weighted by Crippen LogP contribution is -2.30. The maximum atomic E-state index is 2.42. The Morgan fingerprint density at radius 2 is 2.07 bits per heavy atom. The van der Waals surface area contributed by atoms with E-state index in [1.165, 1.54) is 29.7 Å². The number of rotatable bonds is 0. The van der Waals surface area contributed by atoms with Gasteiger partial charge in [-0.2, -0.15) is 0 Å². The highest BCUT2D eigenvalue weighted by Gasteiger charge is 2.27. The number of hydrogen-bond acceptors (Lipinski definition) is 0. The van der Waals surface area contributed by atoms with Crippen LogP contribution in [0, 0.1) is 11.8 Å². The number of hydrogen-bond donors (Lipinski definition) is 0. The van der Waals surface area contributed by atoms with Crippen molar-refractivity contribution in [1.82, 2.24) is 0 Å². The maximum absolute atomic E-state index is 2.42. The molecule has 0 radical (unpaired) electrons. The van der Waals surface area contributed by atoms with Crippen LogP contribution in [0.3, 0.4) is 0 Å². The standard InChI is InChI=1S/C14H16/c1-10-8-12-7-6-11-4-2-3-5-13(11)14(12)9-10/h2-6,10,12H,7-9H2,1H3. The topological polar surface area (TPSA) is 0 Å². The van der Waals surface area contributed by atoms with E-state index in [1.807, 2.05) is 0 Å². The summed E-state index contributed by atoms with van der Waals surface area (Å²) in [4.78, 5) is 0. The molecule has 3 rings (SSSR count). The first-order valence-electron chi connectivity index (χ1n) is 5.63. The van der Waals surface area contributed by atoms with E-state index in [2.05, 4.69) is 37.3 Å². The molecule has 2 aliphatic carbocycles. The summed E-state index contributed by atoms with van der Waals surface area (Å²) in [7, 11) is 0. The molecule has 0 saturated heterocycles. The van der Waals surface area contributed by atoms with Crippen molar-refractivity contribution in [2.24, 2.45) is 11.8 Å². The summed E-state index contributed by atoms with van der Waals surface area (Å²) >= 11 is 0. The van der Waals surface area contributed by atoms with Gasteiger partial charge in [-0.05, 0) is 41.5 Å². The summed E-state index contributed by atoms with van der Waals surface area (Å²) in [6.07, 6.45) is 6.42. The second-order valence-electron chi connectivity index (χ2n) is 4.79. The van der Waals surface area contributed by atoms with E-state index in [0.717, 1.165) is 11.8 Å². The van der Waals surface area contributed by atoms with Gasteiger partial charge in [0.2, 0.25) is 0 Å². The summed E-state index contributed by atoms with van der Waals surface area (Å²) in [6.45, 7) is 2.38. The molecule has 1 aromatic rings. The van der Waals surface area contributed by atoms with Crippen molar-refractivity contribution in [2.45, 2.75) is 26.2 Å². The second-order valence-corrected chi connectivity index (χ2v) is 4.79. The Balaban J connectivity index is 2.29.